The van der Waals surface area contributed by atoms with E-state index in [0.717, 1.165) is 17.2 Å². The third kappa shape index (κ3) is 5.97. The molecule has 0 aliphatic carbocycles. The predicted molar refractivity (Wildman–Crippen MR) is 104 cm³/mol. The second-order valence-corrected chi connectivity index (χ2v) is 6.47. The molecule has 2 rings (SSSR count). The van der Waals surface area contributed by atoms with Crippen LogP contribution in [-0.2, 0) is 20.5 Å². The van der Waals surface area contributed by atoms with Gasteiger partial charge in [-0.15, -0.1) is 0 Å². The quantitative estimate of drug-likeness (QED) is 0.489. The molecule has 2 amide bonds. The summed E-state index contributed by atoms with van der Waals surface area (Å²) in [6, 6.07) is 7.66. The number of nitrogens with two attached hydrogens (primary N) is 1. The molecule has 0 fully saturated rings. The molecule has 0 aliphatic heterocycles. The smallest absolute Gasteiger partial charge is 0.416 e. The van der Waals surface area contributed by atoms with Crippen LogP contribution in [-0.4, -0.2) is 30.9 Å². The lowest BCUT2D eigenvalue weighted by Gasteiger charge is -2.12. The zero-order valence-corrected chi connectivity index (χ0v) is 16.2. The van der Waals surface area contributed by atoms with Crippen LogP contribution in [0.5, 0.6) is 0 Å². The van der Waals surface area contributed by atoms with Gasteiger partial charge in [0.25, 0.3) is 5.91 Å². The number of alkyl halides is 3. The van der Waals surface area contributed by atoms with Crippen LogP contribution in [0.4, 0.5) is 24.5 Å². The number of ether oxygens (including phenoxy) is 1. The fourth-order valence-electron chi connectivity index (χ4n) is 2.56. The van der Waals surface area contributed by atoms with Crippen molar-refractivity contribution >= 4 is 29.2 Å². The molecule has 10 heteroatoms. The number of carbonyl (C=O) groups is 3. The first-order chi connectivity index (χ1) is 14.0. The average Bonchev–Trinajstić information content (AvgIpc) is 2.66. The molecule has 0 aliphatic rings. The lowest BCUT2D eigenvalue weighted by molar-refractivity contribution is -0.137. The van der Waals surface area contributed by atoms with Gasteiger partial charge < -0.3 is 21.1 Å². The van der Waals surface area contributed by atoms with E-state index in [1.54, 1.807) is 0 Å². The van der Waals surface area contributed by atoms with Gasteiger partial charge >= 0.3 is 12.1 Å². The molecule has 0 saturated heterocycles. The van der Waals surface area contributed by atoms with Crippen LogP contribution in [0.2, 0.25) is 0 Å². The molecule has 7 nitrogen and oxygen atoms in total. The van der Waals surface area contributed by atoms with Crippen LogP contribution in [0.1, 0.15) is 27.0 Å². The Balaban J connectivity index is 1.84. The highest BCUT2D eigenvalue weighted by atomic mass is 19.4. The van der Waals surface area contributed by atoms with Crippen molar-refractivity contribution in [1.82, 2.24) is 5.32 Å². The molecule has 0 heterocycles. The van der Waals surface area contributed by atoms with E-state index in [2.05, 4.69) is 10.6 Å². The zero-order chi connectivity index (χ0) is 22.5. The maximum atomic E-state index is 12.6. The van der Waals surface area contributed by atoms with Gasteiger partial charge in [0.2, 0.25) is 5.91 Å². The van der Waals surface area contributed by atoms with Gasteiger partial charge in [-0.3, -0.25) is 9.59 Å². The van der Waals surface area contributed by atoms with Crippen molar-refractivity contribution in [2.24, 2.45) is 0 Å². The van der Waals surface area contributed by atoms with Crippen LogP contribution in [0.15, 0.2) is 36.4 Å². The normalized spacial score (nSPS) is 11.0. The van der Waals surface area contributed by atoms with E-state index in [1.807, 2.05) is 32.0 Å². The number of aryl methyl sites for hydroxylation is 2. The van der Waals surface area contributed by atoms with Gasteiger partial charge in [-0.05, 0) is 43.2 Å². The highest BCUT2D eigenvalue weighted by Crippen LogP contribution is 2.31. The second-order valence-electron chi connectivity index (χ2n) is 6.47. The Morgan fingerprint density at radius 2 is 1.67 bits per heavy atom. The van der Waals surface area contributed by atoms with Gasteiger partial charge in [-0.1, -0.05) is 18.2 Å². The molecule has 2 aromatic rings. The molecule has 0 aromatic heterocycles. The number of amides is 2. The molecular formula is C20H20F3N3O4. The van der Waals surface area contributed by atoms with Crippen molar-refractivity contribution in [2.75, 3.05) is 24.2 Å². The molecule has 0 saturated carbocycles. The summed E-state index contributed by atoms with van der Waals surface area (Å²) < 4.78 is 42.6. The summed E-state index contributed by atoms with van der Waals surface area (Å²) in [4.78, 5) is 35.7. The summed E-state index contributed by atoms with van der Waals surface area (Å²) >= 11 is 0. The minimum Gasteiger partial charge on any atom is -0.452 e. The van der Waals surface area contributed by atoms with Crippen LogP contribution in [0, 0.1) is 13.8 Å². The summed E-state index contributed by atoms with van der Waals surface area (Å²) in [6.45, 7) is 2.57. The molecule has 2 aromatic carbocycles. The van der Waals surface area contributed by atoms with Crippen molar-refractivity contribution in [3.05, 3.63) is 58.7 Å². The van der Waals surface area contributed by atoms with Crippen LogP contribution in [0.3, 0.4) is 0 Å². The number of nitrogen functional groups attached to an aromatic ring is 1. The van der Waals surface area contributed by atoms with Crippen LogP contribution in [0.25, 0.3) is 0 Å². The number of nitrogens with one attached hydrogen (secondary N) is 2. The molecule has 160 valence electrons. The van der Waals surface area contributed by atoms with E-state index < -0.39 is 41.8 Å². The van der Waals surface area contributed by atoms with E-state index in [0.29, 0.717) is 17.8 Å². The Hall–Kier alpha value is -3.56. The Kier molecular flexibility index (Phi) is 7.04. The summed E-state index contributed by atoms with van der Waals surface area (Å²) in [7, 11) is 0. The SMILES string of the molecule is Cc1cccc(C)c1NC(=O)CNC(=O)COC(=O)c1ccc(C(F)(F)F)cc1N. The van der Waals surface area contributed by atoms with E-state index in [4.69, 9.17) is 10.5 Å². The molecule has 0 spiro atoms. The summed E-state index contributed by atoms with van der Waals surface area (Å²) in [5, 5.41) is 4.96. The van der Waals surface area contributed by atoms with Crippen LogP contribution < -0.4 is 16.4 Å². The van der Waals surface area contributed by atoms with Crippen molar-refractivity contribution < 1.29 is 32.3 Å². The summed E-state index contributed by atoms with van der Waals surface area (Å²) in [5.74, 6) is -2.29. The van der Waals surface area contributed by atoms with Gasteiger partial charge in [0.15, 0.2) is 6.61 Å². The van der Waals surface area contributed by atoms with Gasteiger partial charge in [0.05, 0.1) is 17.7 Å². The highest BCUT2D eigenvalue weighted by molar-refractivity contribution is 5.98. The number of anilines is 2. The maximum absolute atomic E-state index is 12.6. The lowest BCUT2D eigenvalue weighted by atomic mass is 10.1. The number of esters is 1. The topological polar surface area (TPSA) is 111 Å². The van der Waals surface area contributed by atoms with Crippen molar-refractivity contribution in [3.63, 3.8) is 0 Å². The number of para-hydroxylation sites is 1. The minimum absolute atomic E-state index is 0.302. The lowest BCUT2D eigenvalue weighted by Crippen LogP contribution is -2.35. The fraction of sp³-hybridized carbons (Fsp3) is 0.250. The summed E-state index contributed by atoms with van der Waals surface area (Å²) in [5.41, 5.74) is 6.09. The van der Waals surface area contributed by atoms with Gasteiger partial charge in [0, 0.05) is 11.4 Å². The third-order valence-electron chi connectivity index (χ3n) is 4.12. The molecule has 0 atom stereocenters. The molecule has 4 N–H and O–H groups in total. The predicted octanol–water partition coefficient (Wildman–Crippen LogP) is 2.82. The number of rotatable bonds is 6. The third-order valence-corrected chi connectivity index (χ3v) is 4.12. The average molecular weight is 423 g/mol. The maximum Gasteiger partial charge on any atom is 0.416 e. The fourth-order valence-corrected chi connectivity index (χ4v) is 2.56. The Bertz CT molecular complexity index is 954. The first-order valence-corrected chi connectivity index (χ1v) is 8.75. The van der Waals surface area contributed by atoms with Crippen molar-refractivity contribution in [1.29, 1.82) is 0 Å². The van der Waals surface area contributed by atoms with Crippen molar-refractivity contribution in [2.45, 2.75) is 20.0 Å². The van der Waals surface area contributed by atoms with E-state index in [1.165, 1.54) is 0 Å². The molecular weight excluding hydrogens is 403 g/mol. The Labute approximate surface area is 170 Å². The number of carbonyl (C=O) groups excluding carboxylic acids is 3. The van der Waals surface area contributed by atoms with Crippen LogP contribution >= 0.6 is 0 Å². The Morgan fingerprint density at radius 1 is 1.03 bits per heavy atom. The van der Waals surface area contributed by atoms with Gasteiger partial charge in [-0.25, -0.2) is 4.79 Å². The van der Waals surface area contributed by atoms with E-state index in [-0.39, 0.29) is 12.1 Å². The van der Waals surface area contributed by atoms with Gasteiger partial charge in [-0.2, -0.15) is 13.2 Å². The number of halogens is 3. The number of hydrogen-bond acceptors (Lipinski definition) is 5. The molecule has 0 radical (unpaired) electrons. The monoisotopic (exact) mass is 423 g/mol. The van der Waals surface area contributed by atoms with E-state index >= 15 is 0 Å². The molecule has 0 unspecified atom stereocenters. The molecule has 30 heavy (non-hydrogen) atoms. The second kappa shape index (κ2) is 9.29. The van der Waals surface area contributed by atoms with Crippen molar-refractivity contribution in [3.8, 4) is 0 Å². The largest absolute Gasteiger partial charge is 0.452 e. The number of hydrogen-bond donors (Lipinski definition) is 3. The standard InChI is InChI=1S/C20H20F3N3O4/c1-11-4-3-5-12(2)18(11)26-16(27)9-25-17(28)10-30-19(29)14-7-6-13(8-15(14)24)20(21,22)23/h3-8H,9-10,24H2,1-2H3,(H,25,28)(H,26,27). The zero-order valence-electron chi connectivity index (χ0n) is 16.2. The van der Waals surface area contributed by atoms with Gasteiger partial charge in [0.1, 0.15) is 0 Å². The first kappa shape index (κ1) is 22.7. The van der Waals surface area contributed by atoms with E-state index in [9.17, 15) is 27.6 Å². The molecule has 0 bridgehead atoms. The summed E-state index contributed by atoms with van der Waals surface area (Å²) in [6.07, 6.45) is -4.60. The first-order valence-electron chi connectivity index (χ1n) is 8.75. The minimum atomic E-state index is -4.60. The highest BCUT2D eigenvalue weighted by Gasteiger charge is 2.31. The number of benzene rings is 2. The Morgan fingerprint density at radius 3 is 2.23 bits per heavy atom.